The van der Waals surface area contributed by atoms with Gasteiger partial charge in [0.05, 0.1) is 18.9 Å². The Hall–Kier alpha value is -3.35. The first kappa shape index (κ1) is 18.4. The van der Waals surface area contributed by atoms with E-state index in [2.05, 4.69) is 15.4 Å². The molecule has 1 N–H and O–H groups in total. The van der Waals surface area contributed by atoms with Crippen LogP contribution in [-0.4, -0.2) is 33.9 Å². The van der Waals surface area contributed by atoms with Crippen LogP contribution in [0.3, 0.4) is 0 Å². The number of rotatable bonds is 7. The van der Waals surface area contributed by atoms with Gasteiger partial charge in [-0.3, -0.25) is 4.79 Å². The minimum atomic E-state index is -0.176. The van der Waals surface area contributed by atoms with Crippen LogP contribution in [0.4, 0.5) is 0 Å². The fourth-order valence-electron chi connectivity index (χ4n) is 2.55. The Labute approximate surface area is 158 Å². The fourth-order valence-corrected chi connectivity index (χ4v) is 2.55. The van der Waals surface area contributed by atoms with Crippen LogP contribution in [0.25, 0.3) is 5.69 Å². The van der Waals surface area contributed by atoms with Gasteiger partial charge in [0, 0.05) is 12.1 Å². The highest BCUT2D eigenvalue weighted by Gasteiger charge is 2.12. The van der Waals surface area contributed by atoms with Crippen molar-refractivity contribution in [3.63, 3.8) is 0 Å². The van der Waals surface area contributed by atoms with Gasteiger partial charge in [0.1, 0.15) is 12.7 Å². The van der Waals surface area contributed by atoms with Crippen molar-refractivity contribution in [2.24, 2.45) is 0 Å². The molecule has 27 heavy (non-hydrogen) atoms. The van der Waals surface area contributed by atoms with E-state index in [9.17, 15) is 4.79 Å². The molecule has 0 aliphatic carbocycles. The molecule has 0 unspecified atom stereocenters. The molecular weight excluding hydrogens is 344 g/mol. The second-order valence-corrected chi connectivity index (χ2v) is 6.22. The Bertz CT molecular complexity index is 890. The van der Waals surface area contributed by atoms with Crippen LogP contribution >= 0.6 is 0 Å². The smallest absolute Gasteiger partial charge is 0.251 e. The molecule has 0 aliphatic heterocycles. The van der Waals surface area contributed by atoms with E-state index in [0.29, 0.717) is 23.6 Å². The average Bonchev–Trinajstić information content (AvgIpc) is 3.21. The van der Waals surface area contributed by atoms with Crippen LogP contribution in [0.5, 0.6) is 11.5 Å². The maximum absolute atomic E-state index is 12.4. The number of methoxy groups -OCH3 is 1. The number of carbonyl (C=O) groups is 1. The molecule has 140 valence electrons. The lowest BCUT2D eigenvalue weighted by Gasteiger charge is -2.14. The van der Waals surface area contributed by atoms with Crippen molar-refractivity contribution in [1.82, 2.24) is 20.1 Å². The first-order valence-electron chi connectivity index (χ1n) is 8.63. The Morgan fingerprint density at radius 2 is 1.93 bits per heavy atom. The molecule has 3 rings (SSSR count). The highest BCUT2D eigenvalue weighted by molar-refractivity contribution is 5.94. The number of benzene rings is 2. The minimum Gasteiger partial charge on any atom is -0.493 e. The molecular formula is C20H22N4O3. The summed E-state index contributed by atoms with van der Waals surface area (Å²) in [5.74, 6) is 0.978. The summed E-state index contributed by atoms with van der Waals surface area (Å²) in [6.45, 7) is 4.30. The Morgan fingerprint density at radius 1 is 1.15 bits per heavy atom. The summed E-state index contributed by atoms with van der Waals surface area (Å²) in [5.41, 5.74) is 2.41. The van der Waals surface area contributed by atoms with E-state index in [1.807, 2.05) is 38.1 Å². The van der Waals surface area contributed by atoms with E-state index in [1.165, 1.54) is 6.33 Å². The zero-order chi connectivity index (χ0) is 19.2. The molecule has 7 nitrogen and oxygen atoms in total. The van der Waals surface area contributed by atoms with E-state index < -0.39 is 0 Å². The van der Waals surface area contributed by atoms with Crippen LogP contribution in [0.15, 0.2) is 55.1 Å². The second kappa shape index (κ2) is 8.35. The molecule has 1 amide bonds. The third-order valence-electron chi connectivity index (χ3n) is 3.86. The van der Waals surface area contributed by atoms with Gasteiger partial charge in [0.2, 0.25) is 0 Å². The van der Waals surface area contributed by atoms with Gasteiger partial charge in [-0.2, -0.15) is 5.10 Å². The molecule has 0 spiro atoms. The number of carbonyl (C=O) groups excluding carboxylic acids is 1. The number of hydrogen-bond acceptors (Lipinski definition) is 5. The van der Waals surface area contributed by atoms with Gasteiger partial charge in [0.25, 0.3) is 5.91 Å². The van der Waals surface area contributed by atoms with Crippen molar-refractivity contribution in [1.29, 1.82) is 0 Å². The van der Waals surface area contributed by atoms with Gasteiger partial charge in [-0.05, 0) is 49.7 Å². The summed E-state index contributed by atoms with van der Waals surface area (Å²) in [5, 5.41) is 7.00. The summed E-state index contributed by atoms with van der Waals surface area (Å²) in [6.07, 6.45) is 3.15. The molecule has 0 fully saturated rings. The van der Waals surface area contributed by atoms with E-state index in [-0.39, 0.29) is 12.0 Å². The summed E-state index contributed by atoms with van der Waals surface area (Å²) in [6, 6.07) is 12.9. The average molecular weight is 366 g/mol. The second-order valence-electron chi connectivity index (χ2n) is 6.22. The predicted molar refractivity (Wildman–Crippen MR) is 101 cm³/mol. The third-order valence-corrected chi connectivity index (χ3v) is 3.86. The number of ether oxygens (including phenoxy) is 2. The number of nitrogens with one attached hydrogen (secondary N) is 1. The number of amides is 1. The highest BCUT2D eigenvalue weighted by Crippen LogP contribution is 2.29. The van der Waals surface area contributed by atoms with Crippen molar-refractivity contribution >= 4 is 5.91 Å². The number of aromatic nitrogens is 3. The van der Waals surface area contributed by atoms with Crippen LogP contribution < -0.4 is 14.8 Å². The van der Waals surface area contributed by atoms with Gasteiger partial charge in [-0.25, -0.2) is 9.67 Å². The Morgan fingerprint density at radius 3 is 2.56 bits per heavy atom. The van der Waals surface area contributed by atoms with Gasteiger partial charge in [-0.15, -0.1) is 0 Å². The molecule has 0 saturated carbocycles. The monoisotopic (exact) mass is 366 g/mol. The Kier molecular flexibility index (Phi) is 5.71. The van der Waals surface area contributed by atoms with Gasteiger partial charge < -0.3 is 14.8 Å². The van der Waals surface area contributed by atoms with Crippen molar-refractivity contribution < 1.29 is 14.3 Å². The van der Waals surface area contributed by atoms with Crippen LogP contribution in [0.2, 0.25) is 0 Å². The molecule has 7 heteroatoms. The first-order chi connectivity index (χ1) is 13.1. The molecule has 0 radical (unpaired) electrons. The normalized spacial score (nSPS) is 10.7. The van der Waals surface area contributed by atoms with Crippen molar-refractivity contribution in [3.8, 4) is 17.2 Å². The first-order valence-corrected chi connectivity index (χ1v) is 8.63. The number of hydrogen-bond donors (Lipinski definition) is 1. The number of nitrogens with zero attached hydrogens (tertiary/aromatic N) is 3. The van der Waals surface area contributed by atoms with Crippen molar-refractivity contribution in [2.75, 3.05) is 7.11 Å². The SMILES string of the molecule is COc1cc(C(=O)NCc2ccc(-n3cncn3)cc2)ccc1OC(C)C. The summed E-state index contributed by atoms with van der Waals surface area (Å²) < 4.78 is 12.7. The maximum Gasteiger partial charge on any atom is 0.251 e. The zero-order valence-corrected chi connectivity index (χ0v) is 15.5. The van der Waals surface area contributed by atoms with Gasteiger partial charge in [-0.1, -0.05) is 12.1 Å². The molecule has 1 aromatic heterocycles. The Balaban J connectivity index is 1.63. The van der Waals surface area contributed by atoms with Crippen molar-refractivity contribution in [3.05, 3.63) is 66.2 Å². The van der Waals surface area contributed by atoms with Crippen molar-refractivity contribution in [2.45, 2.75) is 26.5 Å². The molecule has 1 heterocycles. The van der Waals surface area contributed by atoms with Gasteiger partial charge >= 0.3 is 0 Å². The lowest BCUT2D eigenvalue weighted by Crippen LogP contribution is -2.22. The van der Waals surface area contributed by atoms with Gasteiger partial charge in [0.15, 0.2) is 11.5 Å². The zero-order valence-electron chi connectivity index (χ0n) is 15.5. The minimum absolute atomic E-state index is 0.0269. The largest absolute Gasteiger partial charge is 0.493 e. The summed E-state index contributed by atoms with van der Waals surface area (Å²) in [7, 11) is 1.56. The lowest BCUT2D eigenvalue weighted by atomic mass is 10.1. The summed E-state index contributed by atoms with van der Waals surface area (Å²) >= 11 is 0. The quantitative estimate of drug-likeness (QED) is 0.695. The van der Waals surface area contributed by atoms with E-state index in [0.717, 1.165) is 11.3 Å². The van der Waals surface area contributed by atoms with E-state index in [1.54, 1.807) is 36.3 Å². The molecule has 0 saturated heterocycles. The highest BCUT2D eigenvalue weighted by atomic mass is 16.5. The predicted octanol–water partition coefficient (Wildman–Crippen LogP) is 2.99. The molecule has 0 atom stereocenters. The van der Waals surface area contributed by atoms with Crippen LogP contribution in [0, 0.1) is 0 Å². The summed E-state index contributed by atoms with van der Waals surface area (Å²) in [4.78, 5) is 16.4. The van der Waals surface area contributed by atoms with E-state index in [4.69, 9.17) is 9.47 Å². The maximum atomic E-state index is 12.4. The molecule has 3 aromatic rings. The topological polar surface area (TPSA) is 78.3 Å². The van der Waals surface area contributed by atoms with E-state index >= 15 is 0 Å². The molecule has 0 aliphatic rings. The van der Waals surface area contributed by atoms with Crippen LogP contribution in [-0.2, 0) is 6.54 Å². The lowest BCUT2D eigenvalue weighted by molar-refractivity contribution is 0.0950. The third kappa shape index (κ3) is 4.63. The molecule has 0 bridgehead atoms. The van der Waals surface area contributed by atoms with Crippen LogP contribution in [0.1, 0.15) is 29.8 Å². The standard InChI is InChI=1S/C20H22N4O3/c1-14(2)27-18-9-6-16(10-19(18)26-3)20(25)22-11-15-4-7-17(8-5-15)24-13-21-12-23-24/h4-10,12-14H,11H2,1-3H3,(H,22,25). The molecule has 2 aromatic carbocycles. The fraction of sp³-hybridized carbons (Fsp3) is 0.250.